The van der Waals surface area contributed by atoms with Crippen molar-refractivity contribution < 1.29 is 17.9 Å². The third kappa shape index (κ3) is 10.0. The van der Waals surface area contributed by atoms with Gasteiger partial charge in [0.15, 0.2) is 5.96 Å². The minimum atomic E-state index is -4.14. The second-order valence-corrected chi connectivity index (χ2v) is 7.99. The van der Waals surface area contributed by atoms with Gasteiger partial charge in [-0.15, -0.1) is 24.0 Å². The van der Waals surface area contributed by atoms with Crippen molar-refractivity contribution in [3.05, 3.63) is 0 Å². The minimum Gasteiger partial charge on any atom is -0.379 e. The van der Waals surface area contributed by atoms with Crippen molar-refractivity contribution in [2.24, 2.45) is 16.8 Å². The fourth-order valence-electron chi connectivity index (χ4n) is 3.99. The van der Waals surface area contributed by atoms with Gasteiger partial charge in [0.1, 0.15) is 0 Å². The molecule has 0 aliphatic carbocycles. The average Bonchev–Trinajstić information content (AvgIpc) is 3.09. The minimum absolute atomic E-state index is 0. The van der Waals surface area contributed by atoms with Gasteiger partial charge in [0.2, 0.25) is 0 Å². The molecule has 0 saturated carbocycles. The van der Waals surface area contributed by atoms with Crippen LogP contribution in [0.25, 0.3) is 0 Å². The van der Waals surface area contributed by atoms with Crippen LogP contribution in [-0.2, 0) is 4.74 Å². The van der Waals surface area contributed by atoms with Crippen LogP contribution in [0.15, 0.2) is 4.99 Å². The third-order valence-electron chi connectivity index (χ3n) is 5.45. The first-order chi connectivity index (χ1) is 13.3. The molecule has 2 fully saturated rings. The number of rotatable bonds is 8. The van der Waals surface area contributed by atoms with E-state index in [0.717, 1.165) is 64.9 Å². The zero-order valence-electron chi connectivity index (χ0n) is 17.9. The van der Waals surface area contributed by atoms with E-state index in [2.05, 4.69) is 27.0 Å². The third-order valence-corrected chi connectivity index (χ3v) is 5.45. The second kappa shape index (κ2) is 13.2. The molecule has 0 aromatic rings. The lowest BCUT2D eigenvalue weighted by Crippen LogP contribution is -2.45. The number of ether oxygens (including phenoxy) is 1. The Morgan fingerprint density at radius 1 is 1.28 bits per heavy atom. The van der Waals surface area contributed by atoms with Gasteiger partial charge in [0, 0.05) is 52.9 Å². The molecule has 172 valence electrons. The number of hydrogen-bond donors (Lipinski definition) is 1. The Bertz CT molecular complexity index is 489. The van der Waals surface area contributed by atoms with Gasteiger partial charge in [0.25, 0.3) is 0 Å². The molecule has 0 radical (unpaired) electrons. The fraction of sp³-hybridized carbons (Fsp3) is 0.947. The van der Waals surface area contributed by atoms with Gasteiger partial charge < -0.3 is 15.0 Å². The van der Waals surface area contributed by atoms with Crippen LogP contribution in [0.4, 0.5) is 13.2 Å². The van der Waals surface area contributed by atoms with Crippen LogP contribution < -0.4 is 5.32 Å². The highest BCUT2D eigenvalue weighted by molar-refractivity contribution is 14.0. The lowest BCUT2D eigenvalue weighted by atomic mass is 10.1. The molecule has 0 aromatic heterocycles. The number of guanidine groups is 1. The zero-order valence-corrected chi connectivity index (χ0v) is 20.2. The lowest BCUT2D eigenvalue weighted by Gasteiger charge is -2.30. The average molecular weight is 535 g/mol. The van der Waals surface area contributed by atoms with E-state index in [9.17, 15) is 13.2 Å². The maximum atomic E-state index is 12.7. The molecule has 0 bridgehead atoms. The largest absolute Gasteiger partial charge is 0.401 e. The molecule has 2 aliphatic rings. The monoisotopic (exact) mass is 535 g/mol. The molecule has 1 N–H and O–H groups in total. The molecule has 0 aromatic carbocycles. The van der Waals surface area contributed by atoms with Crippen molar-refractivity contribution in [3.63, 3.8) is 0 Å². The Labute approximate surface area is 190 Å². The fourth-order valence-corrected chi connectivity index (χ4v) is 3.99. The van der Waals surface area contributed by atoms with Crippen LogP contribution in [0.5, 0.6) is 0 Å². The number of likely N-dealkylation sites (tertiary alicyclic amines) is 1. The van der Waals surface area contributed by atoms with Crippen LogP contribution in [0.3, 0.4) is 0 Å². The van der Waals surface area contributed by atoms with Crippen LogP contribution >= 0.6 is 24.0 Å². The van der Waals surface area contributed by atoms with Gasteiger partial charge in [-0.2, -0.15) is 13.2 Å². The molecule has 2 saturated heterocycles. The number of aliphatic imine (C=N–C) groups is 1. The summed E-state index contributed by atoms with van der Waals surface area (Å²) in [6, 6.07) is 0. The summed E-state index contributed by atoms with van der Waals surface area (Å²) in [5.41, 5.74) is 0. The van der Waals surface area contributed by atoms with Crippen molar-refractivity contribution in [1.29, 1.82) is 0 Å². The SMILES string of the molecule is CCN(CC1CCN(C(=NC)NCC(C)CN2CCOCC2)C1)CC(F)(F)F.I. The topological polar surface area (TPSA) is 43.3 Å². The molecular formula is C19H37F3IN5O. The van der Waals surface area contributed by atoms with Gasteiger partial charge in [-0.25, -0.2) is 0 Å². The van der Waals surface area contributed by atoms with E-state index in [0.29, 0.717) is 19.0 Å². The highest BCUT2D eigenvalue weighted by Gasteiger charge is 2.33. The van der Waals surface area contributed by atoms with Crippen molar-refractivity contribution in [2.45, 2.75) is 26.4 Å². The zero-order chi connectivity index (χ0) is 20.6. The normalized spacial score (nSPS) is 22.7. The number of nitrogens with zero attached hydrogens (tertiary/aromatic N) is 4. The number of morpholine rings is 1. The molecule has 2 heterocycles. The maximum absolute atomic E-state index is 12.7. The van der Waals surface area contributed by atoms with E-state index in [1.807, 2.05) is 0 Å². The van der Waals surface area contributed by atoms with Crippen molar-refractivity contribution in [1.82, 2.24) is 20.0 Å². The van der Waals surface area contributed by atoms with E-state index < -0.39 is 12.7 Å². The Hall–Kier alpha value is -0.330. The second-order valence-electron chi connectivity index (χ2n) is 7.99. The summed E-state index contributed by atoms with van der Waals surface area (Å²) >= 11 is 0. The smallest absolute Gasteiger partial charge is 0.379 e. The molecule has 6 nitrogen and oxygen atoms in total. The predicted octanol–water partition coefficient (Wildman–Crippen LogP) is 2.35. The van der Waals surface area contributed by atoms with E-state index >= 15 is 0 Å². The number of nitrogens with one attached hydrogen (secondary N) is 1. The quantitative estimate of drug-likeness (QED) is 0.294. The summed E-state index contributed by atoms with van der Waals surface area (Å²) in [6.07, 6.45) is -3.24. The lowest BCUT2D eigenvalue weighted by molar-refractivity contribution is -0.146. The molecule has 0 spiro atoms. The predicted molar refractivity (Wildman–Crippen MR) is 121 cm³/mol. The van der Waals surface area contributed by atoms with E-state index in [1.165, 1.54) is 4.90 Å². The number of halogens is 4. The van der Waals surface area contributed by atoms with Gasteiger partial charge in [-0.1, -0.05) is 13.8 Å². The molecular weight excluding hydrogens is 498 g/mol. The first-order valence-electron chi connectivity index (χ1n) is 10.4. The Balaban J connectivity index is 0.00000420. The van der Waals surface area contributed by atoms with Crippen LogP contribution in [0.2, 0.25) is 0 Å². The van der Waals surface area contributed by atoms with Crippen LogP contribution in [0, 0.1) is 11.8 Å². The number of hydrogen-bond acceptors (Lipinski definition) is 4. The molecule has 2 aliphatic heterocycles. The Morgan fingerprint density at radius 3 is 2.55 bits per heavy atom. The van der Waals surface area contributed by atoms with Crippen molar-refractivity contribution in [2.75, 3.05) is 79.2 Å². The van der Waals surface area contributed by atoms with Crippen LogP contribution in [-0.4, -0.2) is 106 Å². The highest BCUT2D eigenvalue weighted by atomic mass is 127. The van der Waals surface area contributed by atoms with Crippen molar-refractivity contribution >= 4 is 29.9 Å². The Kier molecular flexibility index (Phi) is 12.1. The summed E-state index contributed by atoms with van der Waals surface area (Å²) in [6.45, 7) is 11.1. The summed E-state index contributed by atoms with van der Waals surface area (Å²) in [5.74, 6) is 1.58. The van der Waals surface area contributed by atoms with Crippen molar-refractivity contribution in [3.8, 4) is 0 Å². The van der Waals surface area contributed by atoms with E-state index in [-0.39, 0.29) is 29.9 Å². The Morgan fingerprint density at radius 2 is 1.97 bits per heavy atom. The molecule has 10 heteroatoms. The molecule has 2 rings (SSSR count). The van der Waals surface area contributed by atoms with Gasteiger partial charge in [-0.3, -0.25) is 14.8 Å². The summed E-state index contributed by atoms with van der Waals surface area (Å²) < 4.78 is 43.4. The standard InChI is InChI=1S/C19H36F3N5O.HI/c1-4-25(15-19(20,21)22)13-17-5-6-27(14-17)18(23-3)24-11-16(2)12-26-7-9-28-10-8-26;/h16-17H,4-15H2,1-3H3,(H,23,24);1H. The first kappa shape index (κ1) is 26.7. The summed E-state index contributed by atoms with van der Waals surface area (Å²) in [5, 5.41) is 3.45. The number of alkyl halides is 3. The van der Waals surface area contributed by atoms with Gasteiger partial charge >= 0.3 is 6.18 Å². The first-order valence-corrected chi connectivity index (χ1v) is 10.4. The van der Waals surface area contributed by atoms with E-state index in [4.69, 9.17) is 4.74 Å². The molecule has 2 atom stereocenters. The van der Waals surface area contributed by atoms with Crippen LogP contribution in [0.1, 0.15) is 20.3 Å². The maximum Gasteiger partial charge on any atom is 0.401 e. The van der Waals surface area contributed by atoms with E-state index in [1.54, 1.807) is 14.0 Å². The van der Waals surface area contributed by atoms with Gasteiger partial charge in [-0.05, 0) is 24.8 Å². The molecule has 2 unspecified atom stereocenters. The molecule has 0 amide bonds. The highest BCUT2D eigenvalue weighted by Crippen LogP contribution is 2.21. The summed E-state index contributed by atoms with van der Waals surface area (Å²) in [7, 11) is 1.77. The molecule has 29 heavy (non-hydrogen) atoms. The van der Waals surface area contributed by atoms with Gasteiger partial charge in [0.05, 0.1) is 19.8 Å². The summed E-state index contributed by atoms with van der Waals surface area (Å²) in [4.78, 5) is 10.5.